The number of hydrogen-bond acceptors (Lipinski definition) is 6. The lowest BCUT2D eigenvalue weighted by molar-refractivity contribution is -0.152. The highest BCUT2D eigenvalue weighted by molar-refractivity contribution is 5.95. The molecule has 2 bridgehead atoms. The summed E-state index contributed by atoms with van der Waals surface area (Å²) in [5, 5.41) is 13.2. The Hall–Kier alpha value is -2.94. The SMILES string of the molecule is O=C1Nc2ccc(OC3CCOCC3)c(c2)[C@@H]2C[C@H](CC(=O)N3CCc4ccccc4C3)O[C@@H](CO)[C@H]12. The van der Waals surface area contributed by atoms with E-state index in [2.05, 4.69) is 17.4 Å². The van der Waals surface area contributed by atoms with Gasteiger partial charge in [-0.05, 0) is 42.2 Å². The number of nitrogens with one attached hydrogen (secondary N) is 1. The molecular weight excluding hydrogens is 472 g/mol. The first-order valence-electron chi connectivity index (χ1n) is 13.4. The van der Waals surface area contributed by atoms with Crippen LogP contribution >= 0.6 is 0 Å². The fourth-order valence-corrected chi connectivity index (χ4v) is 6.29. The van der Waals surface area contributed by atoms with Crippen molar-refractivity contribution in [2.75, 3.05) is 31.7 Å². The Labute approximate surface area is 216 Å². The lowest BCUT2D eigenvalue weighted by atomic mass is 9.76. The van der Waals surface area contributed by atoms with Gasteiger partial charge in [0.1, 0.15) is 11.9 Å². The van der Waals surface area contributed by atoms with Crippen molar-refractivity contribution in [1.29, 1.82) is 0 Å². The second kappa shape index (κ2) is 10.4. The molecule has 4 heterocycles. The van der Waals surface area contributed by atoms with E-state index in [9.17, 15) is 14.7 Å². The highest BCUT2D eigenvalue weighted by Gasteiger charge is 2.46. The summed E-state index contributed by atoms with van der Waals surface area (Å²) in [7, 11) is 0. The van der Waals surface area contributed by atoms with Crippen molar-refractivity contribution < 1.29 is 28.9 Å². The first-order chi connectivity index (χ1) is 18.1. The number of carbonyl (C=O) groups is 2. The second-order valence-corrected chi connectivity index (χ2v) is 10.6. The molecule has 2 fully saturated rings. The van der Waals surface area contributed by atoms with Crippen LogP contribution in [0.25, 0.3) is 0 Å². The van der Waals surface area contributed by atoms with Crippen LogP contribution < -0.4 is 10.1 Å². The molecule has 4 atom stereocenters. The number of aliphatic hydroxyl groups excluding tert-OH is 1. The summed E-state index contributed by atoms with van der Waals surface area (Å²) in [6.07, 6.45) is 2.21. The number of hydrogen-bond donors (Lipinski definition) is 2. The Morgan fingerprint density at radius 2 is 1.95 bits per heavy atom. The van der Waals surface area contributed by atoms with E-state index in [-0.39, 0.29) is 36.9 Å². The Balaban J connectivity index is 1.22. The third-order valence-electron chi connectivity index (χ3n) is 8.23. The molecule has 2 aromatic carbocycles. The molecule has 2 N–H and O–H groups in total. The Morgan fingerprint density at radius 3 is 2.76 bits per heavy atom. The van der Waals surface area contributed by atoms with Gasteiger partial charge in [0.15, 0.2) is 0 Å². The second-order valence-electron chi connectivity index (χ2n) is 10.6. The van der Waals surface area contributed by atoms with Crippen LogP contribution in [0.1, 0.15) is 48.3 Å². The Bertz CT molecular complexity index is 1160. The Morgan fingerprint density at radius 1 is 1.14 bits per heavy atom. The van der Waals surface area contributed by atoms with Crippen molar-refractivity contribution in [3.63, 3.8) is 0 Å². The molecule has 0 unspecified atom stereocenters. The van der Waals surface area contributed by atoms with E-state index in [1.54, 1.807) is 0 Å². The number of amides is 2. The highest BCUT2D eigenvalue weighted by atomic mass is 16.5. The number of fused-ring (bicyclic) bond motifs is 5. The molecule has 0 radical (unpaired) electrons. The van der Waals surface area contributed by atoms with Gasteiger partial charge < -0.3 is 29.5 Å². The molecule has 8 nitrogen and oxygen atoms in total. The third-order valence-corrected chi connectivity index (χ3v) is 8.23. The van der Waals surface area contributed by atoms with Gasteiger partial charge in [0.25, 0.3) is 0 Å². The largest absolute Gasteiger partial charge is 0.490 e. The van der Waals surface area contributed by atoms with Gasteiger partial charge >= 0.3 is 0 Å². The summed E-state index contributed by atoms with van der Waals surface area (Å²) in [6, 6.07) is 14.0. The van der Waals surface area contributed by atoms with E-state index in [1.165, 1.54) is 11.1 Å². The van der Waals surface area contributed by atoms with E-state index in [0.29, 0.717) is 38.4 Å². The van der Waals surface area contributed by atoms with Crippen molar-refractivity contribution in [2.45, 2.75) is 62.9 Å². The van der Waals surface area contributed by atoms with Crippen LogP contribution in [0.2, 0.25) is 0 Å². The molecule has 37 heavy (non-hydrogen) atoms. The fourth-order valence-electron chi connectivity index (χ4n) is 6.29. The van der Waals surface area contributed by atoms with Crippen LogP contribution in [0.5, 0.6) is 5.75 Å². The average Bonchev–Trinajstić information content (AvgIpc) is 3.04. The maximum absolute atomic E-state index is 13.3. The first-order valence-corrected chi connectivity index (χ1v) is 13.4. The number of aliphatic hydroxyl groups is 1. The van der Waals surface area contributed by atoms with E-state index in [1.807, 2.05) is 35.2 Å². The number of anilines is 1. The molecule has 0 spiro atoms. The number of nitrogens with zero attached hydrogens (tertiary/aromatic N) is 1. The van der Waals surface area contributed by atoms with Crippen LogP contribution in [0.15, 0.2) is 42.5 Å². The molecule has 4 aliphatic heterocycles. The molecule has 8 heteroatoms. The topological polar surface area (TPSA) is 97.3 Å². The van der Waals surface area contributed by atoms with E-state index in [4.69, 9.17) is 14.2 Å². The maximum atomic E-state index is 13.3. The van der Waals surface area contributed by atoms with Crippen LogP contribution in [-0.2, 0) is 32.0 Å². The zero-order valence-electron chi connectivity index (χ0n) is 20.9. The third kappa shape index (κ3) is 4.98. The quantitative estimate of drug-likeness (QED) is 0.647. The van der Waals surface area contributed by atoms with Crippen molar-refractivity contribution in [1.82, 2.24) is 4.90 Å². The predicted octanol–water partition coefficient (Wildman–Crippen LogP) is 3.02. The Kier molecular flexibility index (Phi) is 6.88. The van der Waals surface area contributed by atoms with Gasteiger partial charge in [-0.2, -0.15) is 0 Å². The molecule has 2 aromatic rings. The van der Waals surface area contributed by atoms with Gasteiger partial charge in [-0.3, -0.25) is 9.59 Å². The smallest absolute Gasteiger partial charge is 0.230 e. The molecule has 6 rings (SSSR count). The number of ether oxygens (including phenoxy) is 3. The molecule has 0 aromatic heterocycles. The predicted molar refractivity (Wildman–Crippen MR) is 136 cm³/mol. The summed E-state index contributed by atoms with van der Waals surface area (Å²) in [5.74, 6) is -0.142. The minimum absolute atomic E-state index is 0.0418. The molecule has 0 aliphatic carbocycles. The molecular formula is C29H34N2O6. The normalized spacial score (nSPS) is 27.5. The van der Waals surface area contributed by atoms with Crippen molar-refractivity contribution >= 4 is 17.5 Å². The van der Waals surface area contributed by atoms with Gasteiger partial charge in [-0.1, -0.05) is 24.3 Å². The van der Waals surface area contributed by atoms with E-state index < -0.39 is 18.1 Å². The van der Waals surface area contributed by atoms with Crippen molar-refractivity contribution in [3.8, 4) is 5.75 Å². The number of carbonyl (C=O) groups excluding carboxylic acids is 2. The lowest BCUT2D eigenvalue weighted by Gasteiger charge is -2.41. The van der Waals surface area contributed by atoms with Crippen LogP contribution in [-0.4, -0.2) is 66.5 Å². The zero-order valence-corrected chi connectivity index (χ0v) is 20.9. The molecule has 4 aliphatic rings. The molecule has 0 saturated carbocycles. The number of rotatable bonds is 5. The molecule has 2 saturated heterocycles. The van der Waals surface area contributed by atoms with Gasteiger partial charge in [-0.25, -0.2) is 0 Å². The maximum Gasteiger partial charge on any atom is 0.230 e. The summed E-state index contributed by atoms with van der Waals surface area (Å²) >= 11 is 0. The summed E-state index contributed by atoms with van der Waals surface area (Å²) in [6.45, 7) is 2.35. The van der Waals surface area contributed by atoms with Gasteiger partial charge in [0, 0.05) is 43.1 Å². The van der Waals surface area contributed by atoms with Crippen LogP contribution in [0.4, 0.5) is 5.69 Å². The van der Waals surface area contributed by atoms with Gasteiger partial charge in [0.05, 0.1) is 44.4 Å². The minimum atomic E-state index is -0.691. The minimum Gasteiger partial charge on any atom is -0.490 e. The highest BCUT2D eigenvalue weighted by Crippen LogP contribution is 2.46. The summed E-state index contributed by atoms with van der Waals surface area (Å²) in [4.78, 5) is 28.5. The van der Waals surface area contributed by atoms with Crippen LogP contribution in [0, 0.1) is 5.92 Å². The van der Waals surface area contributed by atoms with Crippen molar-refractivity contribution in [2.24, 2.45) is 5.92 Å². The van der Waals surface area contributed by atoms with E-state index in [0.717, 1.165) is 30.6 Å². The standard InChI is InChI=1S/C29H34N2O6/c32-17-26-28-24(14-22(37-26)15-27(33)31-10-7-18-3-1-2-4-19(18)16-31)23-13-20(30-29(28)34)5-6-25(23)36-21-8-11-35-12-9-21/h1-6,13,21-22,24,26,28,32H,7-12,14-17H2,(H,30,34)/t22-,24+,26+,28-/m1/s1. The van der Waals surface area contributed by atoms with Gasteiger partial charge in [-0.15, -0.1) is 0 Å². The summed E-state index contributed by atoms with van der Waals surface area (Å²) in [5.41, 5.74) is 4.14. The first kappa shape index (κ1) is 24.4. The zero-order chi connectivity index (χ0) is 25.4. The number of benzene rings is 2. The van der Waals surface area contributed by atoms with Gasteiger partial charge in [0.2, 0.25) is 11.8 Å². The molecule has 196 valence electrons. The molecule has 2 amide bonds. The fraction of sp³-hybridized carbons (Fsp3) is 0.517. The van der Waals surface area contributed by atoms with Crippen molar-refractivity contribution in [3.05, 3.63) is 59.2 Å². The summed E-state index contributed by atoms with van der Waals surface area (Å²) < 4.78 is 18.1. The average molecular weight is 507 g/mol. The monoisotopic (exact) mass is 506 g/mol. The van der Waals surface area contributed by atoms with Crippen LogP contribution in [0.3, 0.4) is 0 Å². The lowest BCUT2D eigenvalue weighted by Crippen LogP contribution is -2.48. The van der Waals surface area contributed by atoms with E-state index >= 15 is 0 Å².